The molecule has 13 heavy (non-hydrogen) atoms. The highest BCUT2D eigenvalue weighted by Gasteiger charge is 2.44. The van der Waals surface area contributed by atoms with Crippen LogP contribution in [0.4, 0.5) is 0 Å². The van der Waals surface area contributed by atoms with E-state index in [0.717, 1.165) is 12.8 Å². The van der Waals surface area contributed by atoms with Crippen molar-refractivity contribution in [3.05, 3.63) is 0 Å². The summed E-state index contributed by atoms with van der Waals surface area (Å²) in [5, 5.41) is 11.4. The standard InChI is InChI=1S/C10H17NO2/c12-7-9(13)11-8-1-3-10(4-2-8)5-6-10/h8,12H,1-7H2,(H,11,13). The highest BCUT2D eigenvalue weighted by Crippen LogP contribution is 2.55. The minimum absolute atomic E-state index is 0.225. The van der Waals surface area contributed by atoms with Crippen LogP contribution in [-0.2, 0) is 4.79 Å². The van der Waals surface area contributed by atoms with E-state index in [1.807, 2.05) is 0 Å². The van der Waals surface area contributed by atoms with Crippen molar-refractivity contribution in [2.24, 2.45) is 5.41 Å². The highest BCUT2D eigenvalue weighted by molar-refractivity contribution is 5.77. The lowest BCUT2D eigenvalue weighted by Crippen LogP contribution is -2.39. The van der Waals surface area contributed by atoms with Gasteiger partial charge < -0.3 is 10.4 Å². The van der Waals surface area contributed by atoms with Gasteiger partial charge in [-0.2, -0.15) is 0 Å². The van der Waals surface area contributed by atoms with Crippen molar-refractivity contribution >= 4 is 5.91 Å². The number of carbonyl (C=O) groups is 1. The molecule has 0 bridgehead atoms. The molecule has 2 aliphatic rings. The van der Waals surface area contributed by atoms with E-state index in [1.54, 1.807) is 0 Å². The number of carbonyl (C=O) groups excluding carboxylic acids is 1. The van der Waals surface area contributed by atoms with Gasteiger partial charge in [0.05, 0.1) is 0 Å². The highest BCUT2D eigenvalue weighted by atomic mass is 16.3. The van der Waals surface area contributed by atoms with Crippen molar-refractivity contribution in [3.8, 4) is 0 Å². The van der Waals surface area contributed by atoms with Crippen LogP contribution < -0.4 is 5.32 Å². The number of amides is 1. The second kappa shape index (κ2) is 3.29. The normalized spacial score (nSPS) is 25.9. The molecular weight excluding hydrogens is 166 g/mol. The molecule has 74 valence electrons. The molecule has 0 radical (unpaired) electrons. The fourth-order valence-electron chi connectivity index (χ4n) is 2.32. The van der Waals surface area contributed by atoms with Crippen LogP contribution in [0, 0.1) is 5.41 Å². The minimum atomic E-state index is -0.373. The van der Waals surface area contributed by atoms with Crippen molar-refractivity contribution in [3.63, 3.8) is 0 Å². The quantitative estimate of drug-likeness (QED) is 0.666. The largest absolute Gasteiger partial charge is 0.387 e. The number of rotatable bonds is 2. The summed E-state index contributed by atoms with van der Waals surface area (Å²) in [5.41, 5.74) is 0.681. The van der Waals surface area contributed by atoms with E-state index in [1.165, 1.54) is 25.7 Å². The van der Waals surface area contributed by atoms with Crippen molar-refractivity contribution in [1.29, 1.82) is 0 Å². The summed E-state index contributed by atoms with van der Waals surface area (Å²) in [4.78, 5) is 10.9. The van der Waals surface area contributed by atoms with E-state index in [4.69, 9.17) is 5.11 Å². The van der Waals surface area contributed by atoms with E-state index >= 15 is 0 Å². The van der Waals surface area contributed by atoms with Gasteiger partial charge in [0.1, 0.15) is 6.61 Å². The van der Waals surface area contributed by atoms with Gasteiger partial charge >= 0.3 is 0 Å². The van der Waals surface area contributed by atoms with Crippen LogP contribution in [0.1, 0.15) is 38.5 Å². The molecule has 2 fully saturated rings. The smallest absolute Gasteiger partial charge is 0.245 e. The van der Waals surface area contributed by atoms with Gasteiger partial charge in [0.15, 0.2) is 0 Å². The van der Waals surface area contributed by atoms with Crippen LogP contribution in [0.2, 0.25) is 0 Å². The molecule has 0 saturated heterocycles. The van der Waals surface area contributed by atoms with Gasteiger partial charge in [0.25, 0.3) is 0 Å². The molecule has 0 heterocycles. The fraction of sp³-hybridized carbons (Fsp3) is 0.900. The summed E-state index contributed by atoms with van der Waals surface area (Å²) in [6.45, 7) is -0.373. The second-order valence-electron chi connectivity index (χ2n) is 4.50. The Labute approximate surface area is 78.5 Å². The Morgan fingerprint density at radius 2 is 1.92 bits per heavy atom. The Kier molecular flexibility index (Phi) is 2.28. The van der Waals surface area contributed by atoms with E-state index < -0.39 is 0 Å². The average Bonchev–Trinajstić information content (AvgIpc) is 2.90. The first kappa shape index (κ1) is 9.00. The van der Waals surface area contributed by atoms with Crippen molar-refractivity contribution in [2.75, 3.05) is 6.61 Å². The van der Waals surface area contributed by atoms with Gasteiger partial charge in [0.2, 0.25) is 5.91 Å². The lowest BCUT2D eigenvalue weighted by molar-refractivity contribution is -0.124. The SMILES string of the molecule is O=C(CO)NC1CCC2(CC1)CC2. The summed E-state index contributed by atoms with van der Waals surface area (Å²) in [5.74, 6) is -0.225. The monoisotopic (exact) mass is 183 g/mol. The van der Waals surface area contributed by atoms with E-state index in [-0.39, 0.29) is 12.5 Å². The molecular formula is C10H17NO2. The number of nitrogens with one attached hydrogen (secondary N) is 1. The predicted molar refractivity (Wildman–Crippen MR) is 49.2 cm³/mol. The minimum Gasteiger partial charge on any atom is -0.387 e. The zero-order valence-corrected chi connectivity index (χ0v) is 7.88. The Hall–Kier alpha value is -0.570. The zero-order valence-electron chi connectivity index (χ0n) is 7.88. The maximum atomic E-state index is 10.9. The maximum absolute atomic E-state index is 10.9. The molecule has 0 aromatic carbocycles. The third-order valence-electron chi connectivity index (χ3n) is 3.51. The molecule has 0 unspecified atom stereocenters. The lowest BCUT2D eigenvalue weighted by Gasteiger charge is -2.28. The average molecular weight is 183 g/mol. The molecule has 2 aliphatic carbocycles. The van der Waals surface area contributed by atoms with Crippen molar-refractivity contribution in [2.45, 2.75) is 44.6 Å². The van der Waals surface area contributed by atoms with Gasteiger partial charge in [-0.25, -0.2) is 0 Å². The summed E-state index contributed by atoms with van der Waals surface area (Å²) < 4.78 is 0. The summed E-state index contributed by atoms with van der Waals surface area (Å²) in [6, 6.07) is 0.325. The predicted octanol–water partition coefficient (Wildman–Crippen LogP) is 0.818. The maximum Gasteiger partial charge on any atom is 0.245 e. The third-order valence-corrected chi connectivity index (χ3v) is 3.51. The molecule has 0 aromatic rings. The zero-order chi connectivity index (χ0) is 9.31. The first-order valence-corrected chi connectivity index (χ1v) is 5.14. The number of aliphatic hydroxyl groups is 1. The van der Waals surface area contributed by atoms with Gasteiger partial charge in [-0.15, -0.1) is 0 Å². The Morgan fingerprint density at radius 1 is 1.31 bits per heavy atom. The van der Waals surface area contributed by atoms with E-state index in [9.17, 15) is 4.79 Å². The van der Waals surface area contributed by atoms with Crippen LogP contribution in [-0.4, -0.2) is 23.7 Å². The van der Waals surface area contributed by atoms with Crippen LogP contribution in [0.15, 0.2) is 0 Å². The number of hydrogen-bond acceptors (Lipinski definition) is 2. The molecule has 2 saturated carbocycles. The van der Waals surface area contributed by atoms with Crippen LogP contribution >= 0.6 is 0 Å². The molecule has 0 aromatic heterocycles. The van der Waals surface area contributed by atoms with Crippen LogP contribution in [0.3, 0.4) is 0 Å². The molecule has 0 aliphatic heterocycles. The molecule has 3 heteroatoms. The van der Waals surface area contributed by atoms with Crippen molar-refractivity contribution < 1.29 is 9.90 Å². The van der Waals surface area contributed by atoms with E-state index in [2.05, 4.69) is 5.32 Å². The Morgan fingerprint density at radius 3 is 2.38 bits per heavy atom. The van der Waals surface area contributed by atoms with Gasteiger partial charge in [0, 0.05) is 6.04 Å². The number of aliphatic hydroxyl groups excluding tert-OH is 1. The topological polar surface area (TPSA) is 49.3 Å². The van der Waals surface area contributed by atoms with Gasteiger partial charge in [-0.1, -0.05) is 0 Å². The van der Waals surface area contributed by atoms with Gasteiger partial charge in [-0.3, -0.25) is 4.79 Å². The molecule has 2 N–H and O–H groups in total. The van der Waals surface area contributed by atoms with Crippen LogP contribution in [0.5, 0.6) is 0 Å². The molecule has 1 spiro atoms. The van der Waals surface area contributed by atoms with Crippen molar-refractivity contribution in [1.82, 2.24) is 5.32 Å². The molecule has 3 nitrogen and oxygen atoms in total. The molecule has 2 rings (SSSR count). The second-order valence-corrected chi connectivity index (χ2v) is 4.50. The van der Waals surface area contributed by atoms with E-state index in [0.29, 0.717) is 11.5 Å². The summed E-state index contributed by atoms with van der Waals surface area (Å²) in [7, 11) is 0. The van der Waals surface area contributed by atoms with Gasteiger partial charge in [-0.05, 0) is 43.9 Å². The Bertz CT molecular complexity index is 201. The lowest BCUT2D eigenvalue weighted by atomic mass is 9.83. The Balaban J connectivity index is 1.74. The fourth-order valence-corrected chi connectivity index (χ4v) is 2.32. The first-order chi connectivity index (χ1) is 6.24. The third kappa shape index (κ3) is 2.02. The molecule has 0 atom stereocenters. The van der Waals surface area contributed by atoms with Crippen LogP contribution in [0.25, 0.3) is 0 Å². The number of hydrogen-bond donors (Lipinski definition) is 2. The summed E-state index contributed by atoms with van der Waals surface area (Å²) in [6.07, 6.45) is 7.53. The first-order valence-electron chi connectivity index (χ1n) is 5.14. The molecule has 1 amide bonds. The summed E-state index contributed by atoms with van der Waals surface area (Å²) >= 11 is 0.